The third-order valence-electron chi connectivity index (χ3n) is 1.08. The zero-order valence-corrected chi connectivity index (χ0v) is 4.03. The molecule has 0 aliphatic heterocycles. The van der Waals surface area contributed by atoms with Crippen LogP contribution >= 0.6 is 0 Å². The standard InChI is InChI=1S/C4H5NO3/c6-4(7)2-1-3(2)5-8/h2,8H,1H2,(H,6,7). The number of rotatable bonds is 1. The highest BCUT2D eigenvalue weighted by Crippen LogP contribution is 2.25. The molecule has 0 amide bonds. The number of carbonyl (C=O) groups is 1. The van der Waals surface area contributed by atoms with Gasteiger partial charge in [-0.3, -0.25) is 4.79 Å². The summed E-state index contributed by atoms with van der Waals surface area (Å²) >= 11 is 0. The molecule has 4 nitrogen and oxygen atoms in total. The van der Waals surface area contributed by atoms with E-state index in [-0.39, 0.29) is 0 Å². The van der Waals surface area contributed by atoms with Crippen LogP contribution in [-0.4, -0.2) is 22.0 Å². The van der Waals surface area contributed by atoms with Crippen LogP contribution in [0.2, 0.25) is 0 Å². The number of carboxylic acid groups (broad SMARTS) is 1. The summed E-state index contributed by atoms with van der Waals surface area (Å²) in [6, 6.07) is 0. The van der Waals surface area contributed by atoms with Crippen molar-refractivity contribution in [3.8, 4) is 0 Å². The van der Waals surface area contributed by atoms with Gasteiger partial charge in [0.2, 0.25) is 0 Å². The molecule has 0 aromatic heterocycles. The van der Waals surface area contributed by atoms with Crippen LogP contribution in [0.15, 0.2) is 5.16 Å². The van der Waals surface area contributed by atoms with Crippen LogP contribution in [0.4, 0.5) is 0 Å². The number of oxime groups is 1. The van der Waals surface area contributed by atoms with E-state index >= 15 is 0 Å². The number of nitrogens with zero attached hydrogens (tertiary/aromatic N) is 1. The highest BCUT2D eigenvalue weighted by atomic mass is 16.4. The predicted octanol–water partition coefficient (Wildman–Crippen LogP) is -0.0789. The first-order valence-electron chi connectivity index (χ1n) is 2.19. The van der Waals surface area contributed by atoms with Crippen LogP contribution in [0.3, 0.4) is 0 Å². The molecule has 1 atom stereocenters. The lowest BCUT2D eigenvalue weighted by Gasteiger charge is -1.76. The lowest BCUT2D eigenvalue weighted by molar-refractivity contribution is -0.137. The molecule has 0 radical (unpaired) electrons. The summed E-state index contributed by atoms with van der Waals surface area (Å²) in [7, 11) is 0. The third kappa shape index (κ3) is 0.641. The summed E-state index contributed by atoms with van der Waals surface area (Å²) < 4.78 is 0. The molecule has 0 spiro atoms. The molecule has 1 unspecified atom stereocenters. The van der Waals surface area contributed by atoms with Crippen molar-refractivity contribution in [3.63, 3.8) is 0 Å². The summed E-state index contributed by atoms with van der Waals surface area (Å²) in [5.74, 6) is -1.40. The lowest BCUT2D eigenvalue weighted by Crippen LogP contribution is -1.98. The van der Waals surface area contributed by atoms with Crippen molar-refractivity contribution in [2.45, 2.75) is 6.42 Å². The van der Waals surface area contributed by atoms with Gasteiger partial charge in [0.1, 0.15) is 5.92 Å². The number of carboxylic acids is 1. The van der Waals surface area contributed by atoms with Gasteiger partial charge in [-0.15, -0.1) is 0 Å². The van der Waals surface area contributed by atoms with E-state index in [9.17, 15) is 4.79 Å². The second kappa shape index (κ2) is 1.47. The minimum atomic E-state index is -0.905. The number of hydrogen-bond donors (Lipinski definition) is 2. The zero-order valence-electron chi connectivity index (χ0n) is 4.03. The summed E-state index contributed by atoms with van der Waals surface area (Å²) in [6.07, 6.45) is 0.409. The van der Waals surface area contributed by atoms with Gasteiger partial charge in [-0.1, -0.05) is 5.16 Å². The Labute approximate surface area is 45.4 Å². The first-order chi connectivity index (χ1) is 3.75. The van der Waals surface area contributed by atoms with Crippen molar-refractivity contribution in [2.75, 3.05) is 0 Å². The van der Waals surface area contributed by atoms with Gasteiger partial charge in [-0.2, -0.15) is 0 Å². The predicted molar refractivity (Wildman–Crippen MR) is 25.0 cm³/mol. The maximum Gasteiger partial charge on any atom is 0.312 e. The summed E-state index contributed by atoms with van der Waals surface area (Å²) in [6.45, 7) is 0. The first kappa shape index (κ1) is 5.08. The van der Waals surface area contributed by atoms with E-state index in [0.717, 1.165) is 0 Å². The minimum absolute atomic E-state index is 0.373. The van der Waals surface area contributed by atoms with Gasteiger partial charge >= 0.3 is 5.97 Å². The molecule has 1 aliphatic carbocycles. The van der Waals surface area contributed by atoms with Gasteiger partial charge in [0, 0.05) is 6.42 Å². The molecule has 1 fully saturated rings. The average Bonchev–Trinajstić information content (AvgIpc) is 2.42. The van der Waals surface area contributed by atoms with Crippen molar-refractivity contribution in [1.29, 1.82) is 0 Å². The molecule has 4 heteroatoms. The van der Waals surface area contributed by atoms with Crippen molar-refractivity contribution < 1.29 is 15.1 Å². The Balaban J connectivity index is 2.49. The minimum Gasteiger partial charge on any atom is -0.481 e. The van der Waals surface area contributed by atoms with Crippen molar-refractivity contribution >= 4 is 11.7 Å². The zero-order chi connectivity index (χ0) is 6.15. The van der Waals surface area contributed by atoms with E-state index in [1.807, 2.05) is 0 Å². The highest BCUT2D eigenvalue weighted by molar-refractivity contribution is 6.14. The van der Waals surface area contributed by atoms with Crippen LogP contribution in [0.25, 0.3) is 0 Å². The Kier molecular flexibility index (Phi) is 0.932. The van der Waals surface area contributed by atoms with Gasteiger partial charge in [0.05, 0.1) is 5.71 Å². The average molecular weight is 115 g/mol. The maximum atomic E-state index is 9.94. The fourth-order valence-electron chi connectivity index (χ4n) is 0.491. The van der Waals surface area contributed by atoms with E-state index in [1.54, 1.807) is 0 Å². The summed E-state index contributed by atoms with van der Waals surface area (Å²) in [5, 5.41) is 18.9. The maximum absolute atomic E-state index is 9.94. The van der Waals surface area contributed by atoms with Crippen molar-refractivity contribution in [3.05, 3.63) is 0 Å². The molecular formula is C4H5NO3. The molecular weight excluding hydrogens is 110 g/mol. The summed E-state index contributed by atoms with van der Waals surface area (Å²) in [4.78, 5) is 9.94. The number of aliphatic carboxylic acids is 1. The molecule has 1 aliphatic rings. The molecule has 1 rings (SSSR count). The second-order valence-corrected chi connectivity index (χ2v) is 1.69. The van der Waals surface area contributed by atoms with E-state index in [4.69, 9.17) is 10.3 Å². The normalized spacial score (nSPS) is 30.5. The van der Waals surface area contributed by atoms with Gasteiger partial charge in [0.15, 0.2) is 0 Å². The fraction of sp³-hybridized carbons (Fsp3) is 0.500. The highest BCUT2D eigenvalue weighted by Gasteiger charge is 2.39. The van der Waals surface area contributed by atoms with E-state index in [2.05, 4.69) is 5.16 Å². The molecule has 1 saturated carbocycles. The van der Waals surface area contributed by atoms with Crippen LogP contribution in [-0.2, 0) is 4.79 Å². The Morgan fingerprint density at radius 3 is 2.62 bits per heavy atom. The monoisotopic (exact) mass is 115 g/mol. The van der Waals surface area contributed by atoms with Gasteiger partial charge in [-0.25, -0.2) is 0 Å². The first-order valence-corrected chi connectivity index (χ1v) is 2.19. The Morgan fingerprint density at radius 1 is 1.88 bits per heavy atom. The molecule has 0 aromatic carbocycles. The van der Waals surface area contributed by atoms with Crippen LogP contribution in [0.1, 0.15) is 6.42 Å². The molecule has 0 aromatic rings. The largest absolute Gasteiger partial charge is 0.481 e. The Morgan fingerprint density at radius 2 is 2.50 bits per heavy atom. The van der Waals surface area contributed by atoms with Crippen LogP contribution in [0.5, 0.6) is 0 Å². The smallest absolute Gasteiger partial charge is 0.312 e. The lowest BCUT2D eigenvalue weighted by atomic mass is 10.4. The van der Waals surface area contributed by atoms with Gasteiger partial charge in [-0.05, 0) is 0 Å². The van der Waals surface area contributed by atoms with E-state index in [1.165, 1.54) is 0 Å². The second-order valence-electron chi connectivity index (χ2n) is 1.69. The topological polar surface area (TPSA) is 69.9 Å². The molecule has 44 valence electrons. The van der Waals surface area contributed by atoms with Crippen LogP contribution in [0, 0.1) is 5.92 Å². The van der Waals surface area contributed by atoms with E-state index in [0.29, 0.717) is 12.1 Å². The molecule has 2 N–H and O–H groups in total. The molecule has 8 heavy (non-hydrogen) atoms. The van der Waals surface area contributed by atoms with Crippen LogP contribution < -0.4 is 0 Å². The molecule has 0 bridgehead atoms. The Hall–Kier alpha value is -1.06. The van der Waals surface area contributed by atoms with Gasteiger partial charge in [0.25, 0.3) is 0 Å². The van der Waals surface area contributed by atoms with Crippen molar-refractivity contribution in [1.82, 2.24) is 0 Å². The third-order valence-corrected chi connectivity index (χ3v) is 1.08. The summed E-state index contributed by atoms with van der Waals surface area (Å²) in [5.41, 5.74) is 0.373. The molecule has 0 saturated heterocycles. The van der Waals surface area contributed by atoms with Crippen molar-refractivity contribution in [2.24, 2.45) is 11.1 Å². The Bertz CT molecular complexity index is 151. The van der Waals surface area contributed by atoms with E-state index < -0.39 is 11.9 Å². The van der Waals surface area contributed by atoms with Gasteiger partial charge < -0.3 is 10.3 Å². The quantitative estimate of drug-likeness (QED) is 0.371. The number of hydrogen-bond acceptors (Lipinski definition) is 3. The fourth-order valence-corrected chi connectivity index (χ4v) is 0.491. The molecule has 0 heterocycles. The SMILES string of the molecule is O=C(O)C1CC1=NO.